The molecule has 0 aliphatic heterocycles. The van der Waals surface area contributed by atoms with Crippen LogP contribution in [0.4, 0.5) is 0 Å². The molecule has 4 heteroatoms. The molecule has 1 heterocycles. The maximum Gasteiger partial charge on any atom is 0.0622 e. The Bertz CT molecular complexity index is 244. The molecule has 13 heavy (non-hydrogen) atoms. The van der Waals surface area contributed by atoms with Crippen molar-refractivity contribution in [2.24, 2.45) is 5.73 Å². The number of aromatic amines is 1. The third-order valence-electron chi connectivity index (χ3n) is 2.04. The topological polar surface area (TPSA) is 66.7 Å². The van der Waals surface area contributed by atoms with Crippen molar-refractivity contribution in [1.82, 2.24) is 15.5 Å². The van der Waals surface area contributed by atoms with Gasteiger partial charge in [0, 0.05) is 24.8 Å². The van der Waals surface area contributed by atoms with Crippen molar-refractivity contribution in [3.63, 3.8) is 0 Å². The number of aromatic nitrogens is 2. The lowest BCUT2D eigenvalue weighted by atomic mass is 10.3. The van der Waals surface area contributed by atoms with E-state index in [2.05, 4.69) is 35.4 Å². The van der Waals surface area contributed by atoms with Crippen molar-refractivity contribution in [3.8, 4) is 0 Å². The molecule has 0 aliphatic rings. The Balaban J connectivity index is 2.36. The van der Waals surface area contributed by atoms with Crippen LogP contribution in [0.15, 0.2) is 6.07 Å². The van der Waals surface area contributed by atoms with Gasteiger partial charge < -0.3 is 11.1 Å². The zero-order chi connectivity index (χ0) is 9.68. The van der Waals surface area contributed by atoms with Crippen LogP contribution in [0.2, 0.25) is 0 Å². The Morgan fingerprint density at radius 2 is 2.46 bits per heavy atom. The van der Waals surface area contributed by atoms with Crippen molar-refractivity contribution in [2.45, 2.75) is 32.9 Å². The molecular formula is C9H18N4. The van der Waals surface area contributed by atoms with E-state index in [9.17, 15) is 0 Å². The van der Waals surface area contributed by atoms with Crippen molar-refractivity contribution in [3.05, 3.63) is 17.5 Å². The largest absolute Gasteiger partial charge is 0.329 e. The first kappa shape index (κ1) is 10.2. The second-order valence-electron chi connectivity index (χ2n) is 3.26. The van der Waals surface area contributed by atoms with Crippen LogP contribution in [0.1, 0.15) is 25.2 Å². The molecule has 0 aliphatic carbocycles. The van der Waals surface area contributed by atoms with Crippen molar-refractivity contribution in [2.75, 3.05) is 6.54 Å². The molecule has 1 aromatic heterocycles. The summed E-state index contributed by atoms with van der Waals surface area (Å²) in [7, 11) is 0. The minimum atomic E-state index is 0.355. The summed E-state index contributed by atoms with van der Waals surface area (Å²) >= 11 is 0. The predicted octanol–water partition coefficient (Wildman–Crippen LogP) is 0.409. The molecule has 4 N–H and O–H groups in total. The predicted molar refractivity (Wildman–Crippen MR) is 53.3 cm³/mol. The summed E-state index contributed by atoms with van der Waals surface area (Å²) in [4.78, 5) is 0. The number of rotatable bonds is 5. The number of aryl methyl sites for hydroxylation is 1. The molecule has 0 radical (unpaired) electrons. The van der Waals surface area contributed by atoms with Gasteiger partial charge in [0.05, 0.1) is 5.69 Å². The quantitative estimate of drug-likeness (QED) is 0.618. The Labute approximate surface area is 78.9 Å². The van der Waals surface area contributed by atoms with Crippen LogP contribution in [0.5, 0.6) is 0 Å². The highest BCUT2D eigenvalue weighted by atomic mass is 15.1. The monoisotopic (exact) mass is 182 g/mol. The van der Waals surface area contributed by atoms with Gasteiger partial charge in [0.25, 0.3) is 0 Å². The normalized spacial score (nSPS) is 13.2. The molecule has 1 aromatic rings. The van der Waals surface area contributed by atoms with E-state index in [0.717, 1.165) is 24.4 Å². The number of H-pyrrole nitrogens is 1. The minimum Gasteiger partial charge on any atom is -0.329 e. The van der Waals surface area contributed by atoms with Crippen LogP contribution in [-0.2, 0) is 13.0 Å². The van der Waals surface area contributed by atoms with E-state index in [1.807, 2.05) is 0 Å². The fourth-order valence-electron chi connectivity index (χ4n) is 1.05. The number of nitrogens with one attached hydrogen (secondary N) is 2. The maximum absolute atomic E-state index is 5.48. The lowest BCUT2D eigenvalue weighted by Gasteiger charge is -2.08. The molecule has 4 nitrogen and oxygen atoms in total. The number of nitrogens with zero attached hydrogens (tertiary/aromatic N) is 1. The van der Waals surface area contributed by atoms with Crippen molar-refractivity contribution in [1.29, 1.82) is 0 Å². The van der Waals surface area contributed by atoms with Gasteiger partial charge in [0.15, 0.2) is 0 Å². The van der Waals surface area contributed by atoms with E-state index in [1.165, 1.54) is 0 Å². The zero-order valence-corrected chi connectivity index (χ0v) is 8.30. The summed E-state index contributed by atoms with van der Waals surface area (Å²) in [6, 6.07) is 2.43. The number of hydrogen-bond donors (Lipinski definition) is 3. The first-order chi connectivity index (χ1) is 6.26. The van der Waals surface area contributed by atoms with Gasteiger partial charge in [0.2, 0.25) is 0 Å². The second kappa shape index (κ2) is 4.99. The summed E-state index contributed by atoms with van der Waals surface area (Å²) in [6.07, 6.45) is 0.975. The van der Waals surface area contributed by atoms with E-state index >= 15 is 0 Å². The Kier molecular flexibility index (Phi) is 3.92. The van der Waals surface area contributed by atoms with Gasteiger partial charge in [-0.05, 0) is 19.4 Å². The van der Waals surface area contributed by atoms with Gasteiger partial charge in [-0.1, -0.05) is 6.92 Å². The number of hydrogen-bond acceptors (Lipinski definition) is 3. The van der Waals surface area contributed by atoms with Gasteiger partial charge in [-0.2, -0.15) is 5.10 Å². The zero-order valence-electron chi connectivity index (χ0n) is 8.30. The average Bonchev–Trinajstić information content (AvgIpc) is 2.61. The van der Waals surface area contributed by atoms with Crippen LogP contribution in [-0.4, -0.2) is 22.8 Å². The summed E-state index contributed by atoms with van der Waals surface area (Å²) in [5.41, 5.74) is 7.71. The molecule has 0 amide bonds. The highest BCUT2D eigenvalue weighted by Crippen LogP contribution is 1.99. The highest BCUT2D eigenvalue weighted by molar-refractivity contribution is 5.08. The number of nitrogens with two attached hydrogens (primary N) is 1. The highest BCUT2D eigenvalue weighted by Gasteiger charge is 2.01. The molecule has 0 saturated heterocycles. The first-order valence-electron chi connectivity index (χ1n) is 4.72. The molecule has 0 saturated carbocycles. The standard InChI is InChI=1S/C9H18N4/c1-3-8-4-9(13-12-8)6-11-7(2)5-10/h4,7,11H,3,5-6,10H2,1-2H3,(H,12,13)/t7-/m1/s1. The Hall–Kier alpha value is -0.870. The smallest absolute Gasteiger partial charge is 0.0622 e. The summed E-state index contributed by atoms with van der Waals surface area (Å²) in [5.74, 6) is 0. The summed E-state index contributed by atoms with van der Waals surface area (Å²) in [5, 5.41) is 10.4. The molecular weight excluding hydrogens is 164 g/mol. The van der Waals surface area contributed by atoms with Crippen LogP contribution in [0.25, 0.3) is 0 Å². The van der Waals surface area contributed by atoms with Crippen LogP contribution in [0.3, 0.4) is 0 Å². The van der Waals surface area contributed by atoms with Crippen LogP contribution >= 0.6 is 0 Å². The van der Waals surface area contributed by atoms with Gasteiger partial charge in [0.1, 0.15) is 0 Å². The summed E-state index contributed by atoms with van der Waals surface area (Å²) in [6.45, 7) is 5.63. The van der Waals surface area contributed by atoms with Gasteiger partial charge in [-0.25, -0.2) is 0 Å². The van der Waals surface area contributed by atoms with E-state index in [1.54, 1.807) is 0 Å². The van der Waals surface area contributed by atoms with Gasteiger partial charge in [-0.3, -0.25) is 5.10 Å². The van der Waals surface area contributed by atoms with E-state index < -0.39 is 0 Å². The van der Waals surface area contributed by atoms with E-state index in [0.29, 0.717) is 12.6 Å². The molecule has 0 unspecified atom stereocenters. The first-order valence-corrected chi connectivity index (χ1v) is 4.72. The Morgan fingerprint density at radius 3 is 3.00 bits per heavy atom. The molecule has 1 atom stereocenters. The van der Waals surface area contributed by atoms with Gasteiger partial charge in [-0.15, -0.1) is 0 Å². The third-order valence-corrected chi connectivity index (χ3v) is 2.04. The Morgan fingerprint density at radius 1 is 1.69 bits per heavy atom. The van der Waals surface area contributed by atoms with E-state index in [4.69, 9.17) is 5.73 Å². The second-order valence-corrected chi connectivity index (χ2v) is 3.26. The lowest BCUT2D eigenvalue weighted by molar-refractivity contribution is 0.550. The van der Waals surface area contributed by atoms with Crippen molar-refractivity contribution >= 4 is 0 Å². The van der Waals surface area contributed by atoms with Crippen molar-refractivity contribution < 1.29 is 0 Å². The van der Waals surface area contributed by atoms with Crippen LogP contribution < -0.4 is 11.1 Å². The molecule has 74 valence electrons. The molecule has 1 rings (SSSR count). The fraction of sp³-hybridized carbons (Fsp3) is 0.667. The van der Waals surface area contributed by atoms with Gasteiger partial charge >= 0.3 is 0 Å². The summed E-state index contributed by atoms with van der Waals surface area (Å²) < 4.78 is 0. The molecule has 0 spiro atoms. The maximum atomic E-state index is 5.48. The van der Waals surface area contributed by atoms with Crippen LogP contribution in [0, 0.1) is 0 Å². The fourth-order valence-corrected chi connectivity index (χ4v) is 1.05. The molecule has 0 aromatic carbocycles. The lowest BCUT2D eigenvalue weighted by Crippen LogP contribution is -2.32. The molecule has 0 bridgehead atoms. The molecule has 0 fully saturated rings. The van der Waals surface area contributed by atoms with E-state index in [-0.39, 0.29) is 0 Å². The third kappa shape index (κ3) is 3.16. The SMILES string of the molecule is CCc1cc(CN[C@H](C)CN)[nH]n1. The average molecular weight is 182 g/mol. The minimum absolute atomic E-state index is 0.355.